The first-order chi connectivity index (χ1) is 13.0. The van der Waals surface area contributed by atoms with Gasteiger partial charge in [-0.15, -0.1) is 0 Å². The molecule has 27 heavy (non-hydrogen) atoms. The highest BCUT2D eigenvalue weighted by Gasteiger charge is 2.20. The maximum Gasteiger partial charge on any atom is 0.191 e. The molecule has 0 bridgehead atoms. The minimum atomic E-state index is -0.514. The molecule has 1 aromatic rings. The quantitative estimate of drug-likeness (QED) is 0.536. The number of aliphatic imine (C=N–C) groups is 1. The third-order valence-electron chi connectivity index (χ3n) is 4.37. The maximum atomic E-state index is 13.7. The molecule has 1 fully saturated rings. The topological polar surface area (TPSA) is 48.9 Å². The summed E-state index contributed by atoms with van der Waals surface area (Å²) in [6, 6.07) is 3.93. The Morgan fingerprint density at radius 1 is 1.30 bits per heavy atom. The Bertz CT molecular complexity index is 589. The van der Waals surface area contributed by atoms with E-state index in [9.17, 15) is 8.78 Å². The first-order valence-electron chi connectivity index (χ1n) is 9.78. The molecule has 1 heterocycles. The second-order valence-corrected chi connectivity index (χ2v) is 7.24. The van der Waals surface area contributed by atoms with Gasteiger partial charge in [0.2, 0.25) is 0 Å². The lowest BCUT2D eigenvalue weighted by atomic mass is 10.1. The smallest absolute Gasteiger partial charge is 0.191 e. The zero-order valence-electron chi connectivity index (χ0n) is 16.6. The van der Waals surface area contributed by atoms with E-state index < -0.39 is 11.6 Å². The van der Waals surface area contributed by atoms with Crippen molar-refractivity contribution in [2.45, 2.75) is 33.3 Å². The summed E-state index contributed by atoms with van der Waals surface area (Å²) in [4.78, 5) is 6.99. The van der Waals surface area contributed by atoms with Crippen LogP contribution in [0, 0.1) is 17.6 Å². The second-order valence-electron chi connectivity index (χ2n) is 7.24. The molecular formula is C20H32F2N4O. The highest BCUT2D eigenvalue weighted by molar-refractivity contribution is 5.79. The van der Waals surface area contributed by atoms with E-state index >= 15 is 0 Å². The summed E-state index contributed by atoms with van der Waals surface area (Å²) in [6.45, 7) is 11.7. The Kier molecular flexibility index (Phi) is 8.94. The molecule has 2 rings (SSSR count). The van der Waals surface area contributed by atoms with Gasteiger partial charge in [0.1, 0.15) is 11.6 Å². The van der Waals surface area contributed by atoms with Gasteiger partial charge in [0.15, 0.2) is 5.96 Å². The molecule has 1 aliphatic heterocycles. The van der Waals surface area contributed by atoms with Crippen LogP contribution in [-0.2, 0) is 11.2 Å². The van der Waals surface area contributed by atoms with E-state index in [1.165, 1.54) is 18.2 Å². The summed E-state index contributed by atoms with van der Waals surface area (Å²) >= 11 is 0. The molecule has 0 aromatic heterocycles. The van der Waals surface area contributed by atoms with Gasteiger partial charge in [-0.2, -0.15) is 0 Å². The maximum absolute atomic E-state index is 13.7. The highest BCUT2D eigenvalue weighted by atomic mass is 19.1. The van der Waals surface area contributed by atoms with E-state index in [4.69, 9.17) is 4.74 Å². The van der Waals surface area contributed by atoms with E-state index in [2.05, 4.69) is 34.4 Å². The van der Waals surface area contributed by atoms with Crippen LogP contribution in [0.1, 0.15) is 26.3 Å². The van der Waals surface area contributed by atoms with Crippen molar-refractivity contribution in [1.82, 2.24) is 15.5 Å². The van der Waals surface area contributed by atoms with Crippen LogP contribution in [0.4, 0.5) is 8.78 Å². The first-order valence-corrected chi connectivity index (χ1v) is 9.78. The van der Waals surface area contributed by atoms with Crippen LogP contribution in [0.15, 0.2) is 23.2 Å². The fourth-order valence-electron chi connectivity index (χ4n) is 3.19. The number of benzene rings is 1. The zero-order valence-corrected chi connectivity index (χ0v) is 16.6. The third kappa shape index (κ3) is 7.42. The highest BCUT2D eigenvalue weighted by Crippen LogP contribution is 2.12. The molecule has 0 amide bonds. The molecule has 1 aliphatic rings. The van der Waals surface area contributed by atoms with Gasteiger partial charge in [-0.05, 0) is 31.4 Å². The summed E-state index contributed by atoms with van der Waals surface area (Å²) < 4.78 is 33.2. The van der Waals surface area contributed by atoms with Gasteiger partial charge in [0.05, 0.1) is 19.3 Å². The van der Waals surface area contributed by atoms with Gasteiger partial charge in [-0.3, -0.25) is 9.89 Å². The van der Waals surface area contributed by atoms with Gasteiger partial charge in [-0.25, -0.2) is 8.78 Å². The summed E-state index contributed by atoms with van der Waals surface area (Å²) in [5, 5.41) is 6.31. The van der Waals surface area contributed by atoms with Crippen molar-refractivity contribution in [3.8, 4) is 0 Å². The van der Waals surface area contributed by atoms with E-state index in [1.807, 2.05) is 6.92 Å². The molecule has 152 valence electrons. The van der Waals surface area contributed by atoms with Crippen LogP contribution in [0.25, 0.3) is 0 Å². The van der Waals surface area contributed by atoms with Crippen molar-refractivity contribution in [1.29, 1.82) is 0 Å². The van der Waals surface area contributed by atoms with Crippen LogP contribution >= 0.6 is 0 Å². The Morgan fingerprint density at radius 2 is 2.04 bits per heavy atom. The Labute approximate surface area is 161 Å². The second kappa shape index (κ2) is 11.2. The SMILES string of the molecule is CCNC(=NCC1CN(CC(C)C)CCO1)NCCc1c(F)cccc1F. The van der Waals surface area contributed by atoms with Crippen molar-refractivity contribution < 1.29 is 13.5 Å². The van der Waals surface area contributed by atoms with Crippen LogP contribution in [0.3, 0.4) is 0 Å². The van der Waals surface area contributed by atoms with Crippen molar-refractivity contribution in [3.63, 3.8) is 0 Å². The third-order valence-corrected chi connectivity index (χ3v) is 4.37. The molecule has 1 unspecified atom stereocenters. The largest absolute Gasteiger partial charge is 0.374 e. The standard InChI is InChI=1S/C20H32F2N4O/c1-4-23-20(24-9-8-17-18(21)6-5-7-19(17)22)25-12-16-14-26(10-11-27-16)13-15(2)3/h5-7,15-16H,4,8-14H2,1-3H3,(H2,23,24,25). The predicted molar refractivity (Wildman–Crippen MR) is 105 cm³/mol. The molecule has 1 atom stereocenters. The number of hydrogen-bond acceptors (Lipinski definition) is 3. The number of rotatable bonds is 8. The number of ether oxygens (including phenoxy) is 1. The van der Waals surface area contributed by atoms with Crippen molar-refractivity contribution in [2.75, 3.05) is 45.9 Å². The zero-order chi connectivity index (χ0) is 19.6. The molecular weight excluding hydrogens is 350 g/mol. The molecule has 1 saturated heterocycles. The van der Waals surface area contributed by atoms with Crippen LogP contribution in [0.5, 0.6) is 0 Å². The summed E-state index contributed by atoms with van der Waals surface area (Å²) in [6.07, 6.45) is 0.322. The van der Waals surface area contributed by atoms with E-state index in [0.717, 1.165) is 26.2 Å². The molecule has 2 N–H and O–H groups in total. The molecule has 1 aromatic carbocycles. The molecule has 7 heteroatoms. The molecule has 0 spiro atoms. The van der Waals surface area contributed by atoms with Gasteiger partial charge >= 0.3 is 0 Å². The van der Waals surface area contributed by atoms with Crippen LogP contribution in [0.2, 0.25) is 0 Å². The molecule has 5 nitrogen and oxygen atoms in total. The summed E-state index contributed by atoms with van der Waals surface area (Å²) in [7, 11) is 0. The monoisotopic (exact) mass is 382 g/mol. The summed E-state index contributed by atoms with van der Waals surface area (Å²) in [5.74, 6) is 0.239. The normalized spacial score (nSPS) is 18.7. The lowest BCUT2D eigenvalue weighted by Crippen LogP contribution is -2.46. The van der Waals surface area contributed by atoms with Gasteiger partial charge in [0, 0.05) is 38.3 Å². The number of morpholine rings is 1. The Balaban J connectivity index is 1.84. The van der Waals surface area contributed by atoms with Gasteiger partial charge in [-0.1, -0.05) is 19.9 Å². The lowest BCUT2D eigenvalue weighted by Gasteiger charge is -2.33. The average Bonchev–Trinajstić information content (AvgIpc) is 2.62. The van der Waals surface area contributed by atoms with Crippen LogP contribution in [-0.4, -0.2) is 62.8 Å². The van der Waals surface area contributed by atoms with E-state index in [0.29, 0.717) is 31.5 Å². The molecule has 0 aliphatic carbocycles. The van der Waals surface area contributed by atoms with Crippen molar-refractivity contribution >= 4 is 5.96 Å². The van der Waals surface area contributed by atoms with E-state index in [1.54, 1.807) is 0 Å². The number of guanidine groups is 1. The van der Waals surface area contributed by atoms with Crippen molar-refractivity contribution in [2.24, 2.45) is 10.9 Å². The minimum Gasteiger partial charge on any atom is -0.374 e. The first kappa shape index (κ1) is 21.6. The van der Waals surface area contributed by atoms with Gasteiger partial charge in [0.25, 0.3) is 0 Å². The fraction of sp³-hybridized carbons (Fsp3) is 0.650. The summed E-state index contributed by atoms with van der Waals surface area (Å²) in [5.41, 5.74) is 0.0980. The van der Waals surface area contributed by atoms with Crippen LogP contribution < -0.4 is 10.6 Å². The van der Waals surface area contributed by atoms with E-state index in [-0.39, 0.29) is 18.1 Å². The Hall–Kier alpha value is -1.73. The number of hydrogen-bond donors (Lipinski definition) is 2. The Morgan fingerprint density at radius 3 is 2.70 bits per heavy atom. The molecule has 0 saturated carbocycles. The predicted octanol–water partition coefficient (Wildman–Crippen LogP) is 2.42. The number of nitrogens with zero attached hydrogens (tertiary/aromatic N) is 2. The fourth-order valence-corrected chi connectivity index (χ4v) is 3.19. The minimum absolute atomic E-state index is 0.0666. The average molecular weight is 382 g/mol. The lowest BCUT2D eigenvalue weighted by molar-refractivity contribution is -0.0261. The number of nitrogens with one attached hydrogen (secondary N) is 2. The molecule has 0 radical (unpaired) electrons. The van der Waals surface area contributed by atoms with Gasteiger partial charge < -0.3 is 15.4 Å². The van der Waals surface area contributed by atoms with Crippen molar-refractivity contribution in [3.05, 3.63) is 35.4 Å². The number of halogens is 2.